The molecule has 0 aliphatic rings. The van der Waals surface area contributed by atoms with Crippen LogP contribution in [-0.4, -0.2) is 33.7 Å². The van der Waals surface area contributed by atoms with Gasteiger partial charge in [0.05, 0.1) is 18.6 Å². The molecule has 4 aromatic heterocycles. The van der Waals surface area contributed by atoms with E-state index in [4.69, 9.17) is 10.8 Å². The standard InChI is InChI=1S/C20H18N8O/c1-12-5-3-4-6-14(12)28-15(25-27-8-7-13(2)17(27)20(28)29)9-26-11-24-16-18(21)22-10-23-19(16)26/h3-8,10-11H,9H2,1-2H3,(H2,21,22,23). The minimum Gasteiger partial charge on any atom is -0.382 e. The molecule has 0 amide bonds. The Balaban J connectivity index is 1.78. The van der Waals surface area contributed by atoms with Crippen LogP contribution >= 0.6 is 0 Å². The van der Waals surface area contributed by atoms with Crippen molar-refractivity contribution >= 4 is 22.5 Å². The minimum absolute atomic E-state index is 0.120. The van der Waals surface area contributed by atoms with E-state index in [9.17, 15) is 4.79 Å². The van der Waals surface area contributed by atoms with Crippen LogP contribution in [0.2, 0.25) is 0 Å². The predicted molar refractivity (Wildman–Crippen MR) is 109 cm³/mol. The molecule has 4 heterocycles. The van der Waals surface area contributed by atoms with E-state index in [1.54, 1.807) is 21.6 Å². The monoisotopic (exact) mass is 386 g/mol. The van der Waals surface area contributed by atoms with Crippen molar-refractivity contribution in [1.29, 1.82) is 0 Å². The van der Waals surface area contributed by atoms with Crippen molar-refractivity contribution < 1.29 is 0 Å². The summed E-state index contributed by atoms with van der Waals surface area (Å²) < 4.78 is 5.10. The highest BCUT2D eigenvalue weighted by Gasteiger charge is 2.18. The highest BCUT2D eigenvalue weighted by Crippen LogP contribution is 2.18. The molecule has 0 atom stereocenters. The largest absolute Gasteiger partial charge is 0.382 e. The van der Waals surface area contributed by atoms with Crippen LogP contribution in [0.3, 0.4) is 0 Å². The molecular weight excluding hydrogens is 368 g/mol. The van der Waals surface area contributed by atoms with E-state index in [2.05, 4.69) is 15.0 Å². The summed E-state index contributed by atoms with van der Waals surface area (Å²) in [5.41, 5.74) is 10.1. The Kier molecular flexibility index (Phi) is 3.70. The first kappa shape index (κ1) is 17.1. The lowest BCUT2D eigenvalue weighted by atomic mass is 10.2. The number of para-hydroxylation sites is 1. The fourth-order valence-corrected chi connectivity index (χ4v) is 3.59. The van der Waals surface area contributed by atoms with Crippen LogP contribution in [0.1, 0.15) is 17.0 Å². The third kappa shape index (κ3) is 2.59. The van der Waals surface area contributed by atoms with E-state index >= 15 is 0 Å². The van der Waals surface area contributed by atoms with Gasteiger partial charge in [0.15, 0.2) is 17.3 Å². The maximum Gasteiger partial charge on any atom is 0.282 e. The molecule has 0 aliphatic carbocycles. The summed E-state index contributed by atoms with van der Waals surface area (Å²) in [5.74, 6) is 0.873. The number of benzene rings is 1. The number of nitrogens with zero attached hydrogens (tertiary/aromatic N) is 7. The Morgan fingerprint density at radius 3 is 2.69 bits per heavy atom. The lowest BCUT2D eigenvalue weighted by Gasteiger charge is -2.15. The molecule has 0 fully saturated rings. The summed E-state index contributed by atoms with van der Waals surface area (Å²) in [6.45, 7) is 4.17. The molecule has 9 nitrogen and oxygen atoms in total. The van der Waals surface area contributed by atoms with Crippen molar-refractivity contribution in [2.75, 3.05) is 5.73 Å². The Labute approximate surface area is 165 Å². The van der Waals surface area contributed by atoms with Gasteiger partial charge in [-0.05, 0) is 37.1 Å². The molecule has 1 aromatic carbocycles. The number of nitrogens with two attached hydrogens (primary N) is 1. The molecule has 2 N–H and O–H groups in total. The number of hydrogen-bond acceptors (Lipinski definition) is 6. The second-order valence-corrected chi connectivity index (χ2v) is 6.94. The van der Waals surface area contributed by atoms with E-state index < -0.39 is 0 Å². The van der Waals surface area contributed by atoms with Crippen molar-refractivity contribution in [3.05, 3.63) is 76.5 Å². The van der Waals surface area contributed by atoms with E-state index in [-0.39, 0.29) is 5.56 Å². The first-order chi connectivity index (χ1) is 14.0. The first-order valence-corrected chi connectivity index (χ1v) is 9.12. The van der Waals surface area contributed by atoms with Crippen LogP contribution in [0.25, 0.3) is 22.4 Å². The molecule has 0 spiro atoms. The Hall–Kier alpha value is -4.01. The van der Waals surface area contributed by atoms with Crippen LogP contribution < -0.4 is 11.3 Å². The van der Waals surface area contributed by atoms with Gasteiger partial charge in [0, 0.05) is 6.20 Å². The molecule has 0 radical (unpaired) electrons. The zero-order chi connectivity index (χ0) is 20.1. The number of aryl methyl sites for hydroxylation is 2. The smallest absolute Gasteiger partial charge is 0.282 e. The summed E-state index contributed by atoms with van der Waals surface area (Å²) in [6.07, 6.45) is 4.83. The lowest BCUT2D eigenvalue weighted by Crippen LogP contribution is -2.28. The summed E-state index contributed by atoms with van der Waals surface area (Å²) in [4.78, 5) is 26.0. The third-order valence-electron chi connectivity index (χ3n) is 5.05. The quantitative estimate of drug-likeness (QED) is 0.507. The zero-order valence-electron chi connectivity index (χ0n) is 15.9. The van der Waals surface area contributed by atoms with Gasteiger partial charge in [-0.15, -0.1) is 0 Å². The van der Waals surface area contributed by atoms with Crippen LogP contribution in [0.4, 0.5) is 5.82 Å². The number of hydrogen-bond donors (Lipinski definition) is 1. The van der Waals surface area contributed by atoms with Gasteiger partial charge in [0.25, 0.3) is 5.56 Å². The first-order valence-electron chi connectivity index (χ1n) is 9.12. The van der Waals surface area contributed by atoms with Crippen molar-refractivity contribution in [1.82, 2.24) is 33.7 Å². The molecule has 5 rings (SSSR count). The third-order valence-corrected chi connectivity index (χ3v) is 5.05. The van der Waals surface area contributed by atoms with Gasteiger partial charge >= 0.3 is 0 Å². The maximum absolute atomic E-state index is 13.5. The Morgan fingerprint density at radius 2 is 1.86 bits per heavy atom. The van der Waals surface area contributed by atoms with Gasteiger partial charge in [-0.3, -0.25) is 9.36 Å². The highest BCUT2D eigenvalue weighted by molar-refractivity contribution is 5.81. The van der Waals surface area contributed by atoms with Gasteiger partial charge in [0.2, 0.25) is 0 Å². The average Bonchev–Trinajstić information content (AvgIpc) is 3.28. The van der Waals surface area contributed by atoms with Crippen molar-refractivity contribution in [3.63, 3.8) is 0 Å². The summed E-state index contributed by atoms with van der Waals surface area (Å²) in [6, 6.07) is 9.63. The molecule has 0 bridgehead atoms. The Bertz CT molecular complexity index is 1440. The summed E-state index contributed by atoms with van der Waals surface area (Å²) in [7, 11) is 0. The number of imidazole rings is 1. The SMILES string of the molecule is Cc1ccccc1-n1c(Cn2cnc3c(N)ncnc32)nn2ccc(C)c2c1=O. The van der Waals surface area contributed by atoms with E-state index in [1.807, 2.05) is 48.7 Å². The molecule has 5 aromatic rings. The molecule has 0 saturated carbocycles. The van der Waals surface area contributed by atoms with E-state index in [0.29, 0.717) is 34.9 Å². The lowest BCUT2D eigenvalue weighted by molar-refractivity contribution is 0.668. The minimum atomic E-state index is -0.120. The molecule has 0 unspecified atom stereocenters. The second-order valence-electron chi connectivity index (χ2n) is 6.94. The molecule has 29 heavy (non-hydrogen) atoms. The molecule has 144 valence electrons. The fraction of sp³-hybridized carbons (Fsp3) is 0.150. The number of anilines is 1. The second kappa shape index (κ2) is 6.26. The maximum atomic E-state index is 13.5. The van der Waals surface area contributed by atoms with Crippen molar-refractivity contribution in [2.24, 2.45) is 0 Å². The zero-order valence-corrected chi connectivity index (χ0v) is 15.9. The van der Waals surface area contributed by atoms with Gasteiger partial charge in [0.1, 0.15) is 17.4 Å². The van der Waals surface area contributed by atoms with E-state index in [0.717, 1.165) is 16.8 Å². The highest BCUT2D eigenvalue weighted by atomic mass is 16.1. The average molecular weight is 386 g/mol. The van der Waals surface area contributed by atoms with Crippen molar-refractivity contribution in [3.8, 4) is 5.69 Å². The predicted octanol–water partition coefficient (Wildman–Crippen LogP) is 1.87. The van der Waals surface area contributed by atoms with Gasteiger partial charge in [-0.25, -0.2) is 19.5 Å². The number of fused-ring (bicyclic) bond motifs is 2. The topological polar surface area (TPSA) is 109 Å². The fourth-order valence-electron chi connectivity index (χ4n) is 3.59. The molecule has 0 aliphatic heterocycles. The van der Waals surface area contributed by atoms with Crippen LogP contribution in [-0.2, 0) is 6.54 Å². The number of rotatable bonds is 3. The van der Waals surface area contributed by atoms with E-state index in [1.165, 1.54) is 6.33 Å². The molecule has 9 heteroatoms. The summed E-state index contributed by atoms with van der Waals surface area (Å²) in [5, 5.41) is 4.73. The van der Waals surface area contributed by atoms with Gasteiger partial charge in [-0.1, -0.05) is 18.2 Å². The number of aromatic nitrogens is 7. The van der Waals surface area contributed by atoms with Crippen LogP contribution in [0.5, 0.6) is 0 Å². The number of nitrogen functional groups attached to an aromatic ring is 1. The molecular formula is C20H18N8O. The normalized spacial score (nSPS) is 11.5. The van der Waals surface area contributed by atoms with Gasteiger partial charge in [-0.2, -0.15) is 5.10 Å². The van der Waals surface area contributed by atoms with Crippen LogP contribution in [0, 0.1) is 13.8 Å². The van der Waals surface area contributed by atoms with Crippen LogP contribution in [0.15, 0.2) is 54.0 Å². The summed E-state index contributed by atoms with van der Waals surface area (Å²) >= 11 is 0. The molecule has 0 saturated heterocycles. The van der Waals surface area contributed by atoms with Crippen molar-refractivity contribution in [2.45, 2.75) is 20.4 Å². The van der Waals surface area contributed by atoms with Gasteiger partial charge < -0.3 is 10.3 Å². The Morgan fingerprint density at radius 1 is 1.03 bits per heavy atom.